The first-order valence-corrected chi connectivity index (χ1v) is 10.3. The average molecular weight is 398 g/mol. The van der Waals surface area contributed by atoms with Gasteiger partial charge in [-0.3, -0.25) is 14.9 Å². The number of benzene rings is 1. The van der Waals surface area contributed by atoms with Crippen molar-refractivity contribution < 1.29 is 9.84 Å². The number of para-hydroxylation sites is 1. The van der Waals surface area contributed by atoms with E-state index in [9.17, 15) is 5.11 Å². The third-order valence-electron chi connectivity index (χ3n) is 4.93. The molecule has 7 heteroatoms. The molecule has 1 aromatic heterocycles. The molecule has 1 fully saturated rings. The molecule has 156 valence electrons. The highest BCUT2D eigenvalue weighted by Crippen LogP contribution is 2.12. The van der Waals surface area contributed by atoms with E-state index in [4.69, 9.17) is 4.74 Å². The number of guanidine groups is 1. The number of aliphatic hydroxyl groups excluding tert-OH is 1. The number of hydrogen-bond acceptors (Lipinski definition) is 5. The first-order valence-electron chi connectivity index (χ1n) is 10.3. The molecular weight excluding hydrogens is 366 g/mol. The summed E-state index contributed by atoms with van der Waals surface area (Å²) in [6.45, 7) is 8.54. The molecule has 0 spiro atoms. The number of ether oxygens (including phenoxy) is 1. The van der Waals surface area contributed by atoms with E-state index < -0.39 is 6.10 Å². The van der Waals surface area contributed by atoms with Crippen molar-refractivity contribution in [2.75, 3.05) is 52.4 Å². The Bertz CT molecular complexity index is 733. The molecule has 1 aromatic carbocycles. The first-order chi connectivity index (χ1) is 14.3. The van der Waals surface area contributed by atoms with Crippen molar-refractivity contribution in [2.24, 2.45) is 4.99 Å². The van der Waals surface area contributed by atoms with Crippen LogP contribution in [0.1, 0.15) is 18.6 Å². The molecule has 7 nitrogen and oxygen atoms in total. The Morgan fingerprint density at radius 2 is 1.86 bits per heavy atom. The molecule has 0 bridgehead atoms. The van der Waals surface area contributed by atoms with Crippen LogP contribution in [0.5, 0.6) is 5.75 Å². The fourth-order valence-electron chi connectivity index (χ4n) is 3.28. The largest absolute Gasteiger partial charge is 0.492 e. The summed E-state index contributed by atoms with van der Waals surface area (Å²) in [4.78, 5) is 13.3. The van der Waals surface area contributed by atoms with Crippen molar-refractivity contribution in [1.29, 1.82) is 0 Å². The number of nitrogens with one attached hydrogen (secondary N) is 1. The average Bonchev–Trinajstić information content (AvgIpc) is 2.78. The first kappa shape index (κ1) is 21.1. The van der Waals surface area contributed by atoms with Gasteiger partial charge in [0.25, 0.3) is 0 Å². The van der Waals surface area contributed by atoms with Crippen LogP contribution < -0.4 is 10.1 Å². The number of aliphatic imine (C=N–C) groups is 1. The number of aromatic nitrogens is 1. The van der Waals surface area contributed by atoms with Crippen LogP contribution in [0.15, 0.2) is 59.9 Å². The Hall–Kier alpha value is -2.64. The maximum atomic E-state index is 10.4. The highest BCUT2D eigenvalue weighted by molar-refractivity contribution is 5.80. The predicted molar refractivity (Wildman–Crippen MR) is 115 cm³/mol. The van der Waals surface area contributed by atoms with Crippen LogP contribution in [0.4, 0.5) is 0 Å². The zero-order valence-corrected chi connectivity index (χ0v) is 17.1. The Morgan fingerprint density at radius 1 is 1.14 bits per heavy atom. The van der Waals surface area contributed by atoms with Gasteiger partial charge in [-0.05, 0) is 36.8 Å². The molecule has 3 rings (SSSR count). The number of aliphatic hydroxyl groups is 1. The third kappa shape index (κ3) is 6.73. The second kappa shape index (κ2) is 11.4. The van der Waals surface area contributed by atoms with E-state index in [1.165, 1.54) is 0 Å². The zero-order valence-electron chi connectivity index (χ0n) is 17.1. The van der Waals surface area contributed by atoms with Crippen LogP contribution >= 0.6 is 0 Å². The van der Waals surface area contributed by atoms with Gasteiger partial charge in [-0.2, -0.15) is 0 Å². The van der Waals surface area contributed by atoms with Crippen molar-refractivity contribution in [3.05, 3.63) is 60.4 Å². The smallest absolute Gasteiger partial charge is 0.194 e. The second-order valence-corrected chi connectivity index (χ2v) is 6.98. The number of hydrogen-bond donors (Lipinski definition) is 2. The summed E-state index contributed by atoms with van der Waals surface area (Å²) in [6.07, 6.45) is 2.76. The normalized spacial score (nSPS) is 16.5. The molecule has 1 atom stereocenters. The highest BCUT2D eigenvalue weighted by atomic mass is 16.5. The molecule has 1 unspecified atom stereocenters. The lowest BCUT2D eigenvalue weighted by Crippen LogP contribution is -2.53. The molecule has 0 saturated carbocycles. The number of rotatable bonds is 8. The number of nitrogens with zero attached hydrogens (tertiary/aromatic N) is 4. The van der Waals surface area contributed by atoms with Gasteiger partial charge >= 0.3 is 0 Å². The van der Waals surface area contributed by atoms with Gasteiger partial charge in [0.1, 0.15) is 12.4 Å². The van der Waals surface area contributed by atoms with E-state index in [2.05, 4.69) is 32.0 Å². The van der Waals surface area contributed by atoms with E-state index in [-0.39, 0.29) is 0 Å². The minimum atomic E-state index is -0.622. The van der Waals surface area contributed by atoms with Crippen LogP contribution in [0.3, 0.4) is 0 Å². The molecule has 0 amide bonds. The summed E-state index contributed by atoms with van der Waals surface area (Å²) in [5.74, 6) is 1.78. The van der Waals surface area contributed by atoms with Gasteiger partial charge < -0.3 is 20.1 Å². The minimum Gasteiger partial charge on any atom is -0.492 e. The molecule has 0 aliphatic carbocycles. The van der Waals surface area contributed by atoms with Gasteiger partial charge in [0, 0.05) is 51.7 Å². The van der Waals surface area contributed by atoms with Gasteiger partial charge in [-0.1, -0.05) is 18.2 Å². The summed E-state index contributed by atoms with van der Waals surface area (Å²) in [7, 11) is 0. The van der Waals surface area contributed by atoms with Gasteiger partial charge in [-0.15, -0.1) is 0 Å². The lowest BCUT2D eigenvalue weighted by atomic mass is 10.1. The van der Waals surface area contributed by atoms with Crippen LogP contribution in [-0.2, 0) is 0 Å². The van der Waals surface area contributed by atoms with E-state index in [0.29, 0.717) is 13.2 Å². The number of pyridine rings is 1. The second-order valence-electron chi connectivity index (χ2n) is 6.98. The van der Waals surface area contributed by atoms with Crippen LogP contribution in [0, 0.1) is 0 Å². The molecular formula is C22H31N5O2. The van der Waals surface area contributed by atoms with E-state index >= 15 is 0 Å². The van der Waals surface area contributed by atoms with Gasteiger partial charge in [0.15, 0.2) is 5.96 Å². The van der Waals surface area contributed by atoms with Gasteiger partial charge in [0.2, 0.25) is 0 Å². The SMILES string of the molecule is CCNC(=NCC(O)c1ccncc1)N1CCN(CCOc2ccccc2)CC1. The van der Waals surface area contributed by atoms with Crippen molar-refractivity contribution in [3.63, 3.8) is 0 Å². The lowest BCUT2D eigenvalue weighted by Gasteiger charge is -2.36. The summed E-state index contributed by atoms with van der Waals surface area (Å²) < 4.78 is 5.80. The van der Waals surface area contributed by atoms with Gasteiger partial charge in [-0.25, -0.2) is 0 Å². The Labute approximate surface area is 173 Å². The fourth-order valence-corrected chi connectivity index (χ4v) is 3.28. The lowest BCUT2D eigenvalue weighted by molar-refractivity contribution is 0.151. The molecule has 1 saturated heterocycles. The molecule has 2 heterocycles. The van der Waals surface area contributed by atoms with Crippen molar-refractivity contribution in [1.82, 2.24) is 20.1 Å². The molecule has 0 radical (unpaired) electrons. The summed E-state index contributed by atoms with van der Waals surface area (Å²) >= 11 is 0. The minimum absolute atomic E-state index is 0.331. The zero-order chi connectivity index (χ0) is 20.3. The fraction of sp³-hybridized carbons (Fsp3) is 0.455. The summed E-state index contributed by atoms with van der Waals surface area (Å²) in [6, 6.07) is 13.6. The summed E-state index contributed by atoms with van der Waals surface area (Å²) in [5, 5.41) is 13.7. The van der Waals surface area contributed by atoms with E-state index in [1.54, 1.807) is 12.4 Å². The topological polar surface area (TPSA) is 73.2 Å². The molecule has 1 aliphatic rings. The van der Waals surface area contributed by atoms with Crippen LogP contribution in [0.25, 0.3) is 0 Å². The Kier molecular flexibility index (Phi) is 8.27. The quantitative estimate of drug-likeness (QED) is 0.523. The molecule has 29 heavy (non-hydrogen) atoms. The third-order valence-corrected chi connectivity index (χ3v) is 4.93. The maximum Gasteiger partial charge on any atom is 0.194 e. The van der Waals surface area contributed by atoms with Crippen molar-refractivity contribution >= 4 is 5.96 Å². The predicted octanol–water partition coefficient (Wildman–Crippen LogP) is 1.78. The number of piperazine rings is 1. The highest BCUT2D eigenvalue weighted by Gasteiger charge is 2.20. The van der Waals surface area contributed by atoms with Gasteiger partial charge in [0.05, 0.1) is 12.6 Å². The summed E-state index contributed by atoms with van der Waals surface area (Å²) in [5.41, 5.74) is 0.836. The Morgan fingerprint density at radius 3 is 2.55 bits per heavy atom. The van der Waals surface area contributed by atoms with Crippen LogP contribution in [0.2, 0.25) is 0 Å². The monoisotopic (exact) mass is 397 g/mol. The molecule has 2 N–H and O–H groups in total. The standard InChI is InChI=1S/C22H31N5O2/c1-2-24-22(25-18-21(28)19-8-10-23-11-9-19)27-14-12-26(13-15-27)16-17-29-20-6-4-3-5-7-20/h3-11,21,28H,2,12-18H2,1H3,(H,24,25). The Balaban J connectivity index is 1.45. The van der Waals surface area contributed by atoms with Crippen LogP contribution in [-0.4, -0.2) is 78.3 Å². The molecule has 2 aromatic rings. The van der Waals surface area contributed by atoms with E-state index in [0.717, 1.165) is 56.5 Å². The van der Waals surface area contributed by atoms with Crippen molar-refractivity contribution in [2.45, 2.75) is 13.0 Å². The maximum absolute atomic E-state index is 10.4. The van der Waals surface area contributed by atoms with Crippen molar-refractivity contribution in [3.8, 4) is 5.75 Å². The van der Waals surface area contributed by atoms with E-state index in [1.807, 2.05) is 42.5 Å². The molecule has 1 aliphatic heterocycles.